The van der Waals surface area contributed by atoms with Gasteiger partial charge in [0, 0.05) is 39.1 Å². The van der Waals surface area contributed by atoms with E-state index in [0.29, 0.717) is 12.5 Å². The summed E-state index contributed by atoms with van der Waals surface area (Å²) in [6.07, 6.45) is 5.94. The molecular formula is C10H17N3O. The van der Waals surface area contributed by atoms with E-state index in [9.17, 15) is 0 Å². The minimum absolute atomic E-state index is 0.328. The first-order chi connectivity index (χ1) is 6.81. The number of aliphatic hydroxyl groups excluding tert-OH is 1. The van der Waals surface area contributed by atoms with Gasteiger partial charge in [0.2, 0.25) is 5.95 Å². The van der Waals surface area contributed by atoms with Crippen molar-refractivity contribution in [3.8, 4) is 0 Å². The van der Waals surface area contributed by atoms with Gasteiger partial charge < -0.3 is 14.6 Å². The largest absolute Gasteiger partial charge is 0.396 e. The molecule has 4 heteroatoms. The number of aryl methyl sites for hydroxylation is 1. The molecule has 0 unspecified atom stereocenters. The van der Waals surface area contributed by atoms with Gasteiger partial charge >= 0.3 is 0 Å². The zero-order chi connectivity index (χ0) is 9.97. The van der Waals surface area contributed by atoms with Crippen LogP contribution in [-0.2, 0) is 7.05 Å². The molecular weight excluding hydrogens is 178 g/mol. The highest BCUT2D eigenvalue weighted by Gasteiger charge is 2.20. The summed E-state index contributed by atoms with van der Waals surface area (Å²) in [6.45, 7) is 2.35. The van der Waals surface area contributed by atoms with E-state index in [-0.39, 0.29) is 0 Å². The standard InChI is InChI=1S/C10H17N3O/c1-12-7-4-11-10(12)13-5-2-9(8-14)3-6-13/h4,7,9,14H,2-3,5-6,8H2,1H3. The van der Waals surface area contributed by atoms with Crippen LogP contribution in [0.5, 0.6) is 0 Å². The second-order valence-corrected chi connectivity index (χ2v) is 3.95. The van der Waals surface area contributed by atoms with E-state index in [0.717, 1.165) is 31.9 Å². The van der Waals surface area contributed by atoms with E-state index < -0.39 is 0 Å². The van der Waals surface area contributed by atoms with Crippen LogP contribution < -0.4 is 4.90 Å². The lowest BCUT2D eigenvalue weighted by Gasteiger charge is -2.31. The molecule has 1 aromatic rings. The third kappa shape index (κ3) is 1.75. The van der Waals surface area contributed by atoms with Gasteiger partial charge in [0.05, 0.1) is 0 Å². The highest BCUT2D eigenvalue weighted by molar-refractivity contribution is 5.31. The van der Waals surface area contributed by atoms with Crippen LogP contribution in [0.25, 0.3) is 0 Å². The van der Waals surface area contributed by atoms with Crippen LogP contribution in [-0.4, -0.2) is 34.4 Å². The Morgan fingerprint density at radius 2 is 2.21 bits per heavy atom. The van der Waals surface area contributed by atoms with Crippen molar-refractivity contribution in [1.29, 1.82) is 0 Å². The highest BCUT2D eigenvalue weighted by atomic mass is 16.3. The molecule has 1 saturated heterocycles. The van der Waals surface area contributed by atoms with Gasteiger partial charge in [0.15, 0.2) is 0 Å². The van der Waals surface area contributed by atoms with Gasteiger partial charge in [-0.1, -0.05) is 0 Å². The maximum atomic E-state index is 9.02. The Bertz CT molecular complexity index is 289. The average molecular weight is 195 g/mol. The molecule has 0 amide bonds. The lowest BCUT2D eigenvalue weighted by Crippen LogP contribution is -2.36. The fourth-order valence-electron chi connectivity index (χ4n) is 1.98. The van der Waals surface area contributed by atoms with Crippen LogP contribution in [0.2, 0.25) is 0 Å². The Kier molecular flexibility index (Phi) is 2.72. The van der Waals surface area contributed by atoms with Crippen molar-refractivity contribution in [1.82, 2.24) is 9.55 Å². The SMILES string of the molecule is Cn1ccnc1N1CCC(CO)CC1. The molecule has 1 aliphatic heterocycles. The number of imidazole rings is 1. The van der Waals surface area contributed by atoms with Crippen LogP contribution >= 0.6 is 0 Å². The van der Waals surface area contributed by atoms with Crippen LogP contribution in [0.1, 0.15) is 12.8 Å². The first-order valence-corrected chi connectivity index (χ1v) is 5.14. The number of aliphatic hydroxyl groups is 1. The Balaban J connectivity index is 1.99. The Hall–Kier alpha value is -1.03. The molecule has 0 atom stereocenters. The minimum Gasteiger partial charge on any atom is -0.396 e. The molecule has 1 N–H and O–H groups in total. The Labute approximate surface area is 84.2 Å². The average Bonchev–Trinajstić information content (AvgIpc) is 2.65. The number of piperidine rings is 1. The fraction of sp³-hybridized carbons (Fsp3) is 0.700. The zero-order valence-electron chi connectivity index (χ0n) is 8.56. The van der Waals surface area contributed by atoms with Crippen LogP contribution in [0, 0.1) is 5.92 Å². The first-order valence-electron chi connectivity index (χ1n) is 5.14. The highest BCUT2D eigenvalue weighted by Crippen LogP contribution is 2.20. The van der Waals surface area contributed by atoms with E-state index in [1.807, 2.05) is 24.0 Å². The third-order valence-corrected chi connectivity index (χ3v) is 2.95. The second-order valence-electron chi connectivity index (χ2n) is 3.95. The lowest BCUT2D eigenvalue weighted by molar-refractivity contribution is 0.202. The third-order valence-electron chi connectivity index (χ3n) is 2.95. The first kappa shape index (κ1) is 9.52. The second kappa shape index (κ2) is 4.00. The molecule has 2 rings (SSSR count). The molecule has 0 saturated carbocycles. The van der Waals surface area contributed by atoms with Crippen LogP contribution in [0.3, 0.4) is 0 Å². The summed E-state index contributed by atoms with van der Waals surface area (Å²) in [6, 6.07) is 0. The minimum atomic E-state index is 0.328. The molecule has 78 valence electrons. The van der Waals surface area contributed by atoms with Crippen molar-refractivity contribution < 1.29 is 5.11 Å². The molecule has 14 heavy (non-hydrogen) atoms. The number of aromatic nitrogens is 2. The number of hydrogen-bond acceptors (Lipinski definition) is 3. The maximum absolute atomic E-state index is 9.02. The van der Waals surface area contributed by atoms with Crippen molar-refractivity contribution in [3.05, 3.63) is 12.4 Å². The monoisotopic (exact) mass is 195 g/mol. The van der Waals surface area contributed by atoms with Crippen molar-refractivity contribution >= 4 is 5.95 Å². The molecule has 0 aromatic carbocycles. The number of rotatable bonds is 2. The van der Waals surface area contributed by atoms with Crippen molar-refractivity contribution in [3.63, 3.8) is 0 Å². The number of anilines is 1. The van der Waals surface area contributed by atoms with Crippen molar-refractivity contribution in [2.45, 2.75) is 12.8 Å². The maximum Gasteiger partial charge on any atom is 0.205 e. The molecule has 1 aliphatic rings. The number of nitrogens with zero attached hydrogens (tertiary/aromatic N) is 3. The number of hydrogen-bond donors (Lipinski definition) is 1. The van der Waals surface area contributed by atoms with E-state index in [1.165, 1.54) is 0 Å². The van der Waals surface area contributed by atoms with E-state index >= 15 is 0 Å². The normalized spacial score (nSPS) is 18.9. The van der Waals surface area contributed by atoms with Gasteiger partial charge in [-0.25, -0.2) is 4.98 Å². The van der Waals surface area contributed by atoms with Gasteiger partial charge in [-0.3, -0.25) is 0 Å². The van der Waals surface area contributed by atoms with Crippen molar-refractivity contribution in [2.75, 3.05) is 24.6 Å². The van der Waals surface area contributed by atoms with Crippen LogP contribution in [0.15, 0.2) is 12.4 Å². The zero-order valence-corrected chi connectivity index (χ0v) is 8.56. The van der Waals surface area contributed by atoms with Crippen molar-refractivity contribution in [2.24, 2.45) is 13.0 Å². The quantitative estimate of drug-likeness (QED) is 0.752. The van der Waals surface area contributed by atoms with E-state index in [1.54, 1.807) is 0 Å². The summed E-state index contributed by atoms with van der Waals surface area (Å²) < 4.78 is 2.04. The summed E-state index contributed by atoms with van der Waals surface area (Å²) in [7, 11) is 2.01. The molecule has 4 nitrogen and oxygen atoms in total. The fourth-order valence-corrected chi connectivity index (χ4v) is 1.98. The van der Waals surface area contributed by atoms with Gasteiger partial charge in [-0.15, -0.1) is 0 Å². The van der Waals surface area contributed by atoms with E-state index in [2.05, 4.69) is 9.88 Å². The predicted molar refractivity (Wildman–Crippen MR) is 55.2 cm³/mol. The Morgan fingerprint density at radius 3 is 2.71 bits per heavy atom. The summed E-state index contributed by atoms with van der Waals surface area (Å²) in [4.78, 5) is 6.60. The Morgan fingerprint density at radius 1 is 1.50 bits per heavy atom. The summed E-state index contributed by atoms with van der Waals surface area (Å²) in [5, 5.41) is 9.02. The smallest absolute Gasteiger partial charge is 0.205 e. The molecule has 0 radical (unpaired) electrons. The molecule has 0 spiro atoms. The molecule has 0 aliphatic carbocycles. The van der Waals surface area contributed by atoms with Gasteiger partial charge in [-0.2, -0.15) is 0 Å². The topological polar surface area (TPSA) is 41.3 Å². The molecule has 2 heterocycles. The molecule has 0 bridgehead atoms. The van der Waals surface area contributed by atoms with Crippen LogP contribution in [0.4, 0.5) is 5.95 Å². The summed E-state index contributed by atoms with van der Waals surface area (Å²) in [5.41, 5.74) is 0. The summed E-state index contributed by atoms with van der Waals surface area (Å²) >= 11 is 0. The predicted octanol–water partition coefficient (Wildman–Crippen LogP) is 0.629. The summed E-state index contributed by atoms with van der Waals surface area (Å²) in [5.74, 6) is 1.54. The van der Waals surface area contributed by atoms with E-state index in [4.69, 9.17) is 5.11 Å². The lowest BCUT2D eigenvalue weighted by atomic mass is 9.98. The van der Waals surface area contributed by atoms with Gasteiger partial charge in [0.1, 0.15) is 0 Å². The van der Waals surface area contributed by atoms with Gasteiger partial charge in [-0.05, 0) is 18.8 Å². The molecule has 1 fully saturated rings. The van der Waals surface area contributed by atoms with Gasteiger partial charge in [0.25, 0.3) is 0 Å². The molecule has 1 aromatic heterocycles.